The molecule has 0 bridgehead atoms. The average Bonchev–Trinajstić information content (AvgIpc) is 2.71. The van der Waals surface area contributed by atoms with Crippen LogP contribution in [-0.4, -0.2) is 38.4 Å². The Hall–Kier alpha value is 0.0500. The third-order valence-electron chi connectivity index (χ3n) is 3.42. The molecule has 1 unspecified atom stereocenters. The molecule has 0 saturated carbocycles. The highest BCUT2D eigenvalue weighted by Gasteiger charge is 2.32. The van der Waals surface area contributed by atoms with Crippen LogP contribution in [0.15, 0.2) is 14.7 Å². The van der Waals surface area contributed by atoms with Crippen LogP contribution in [0.3, 0.4) is 0 Å². The number of sulfonamides is 1. The zero-order valence-corrected chi connectivity index (χ0v) is 14.4. The predicted octanol–water partition coefficient (Wildman–Crippen LogP) is 2.58. The number of aryl methyl sites for hydroxylation is 1. The molecule has 1 aromatic heterocycles. The molecule has 0 amide bonds. The van der Waals surface area contributed by atoms with Gasteiger partial charge in [0.1, 0.15) is 0 Å². The van der Waals surface area contributed by atoms with Gasteiger partial charge in [-0.05, 0) is 48.3 Å². The molecular weight excluding hydrogens is 348 g/mol. The molecule has 1 aromatic rings. The van der Waals surface area contributed by atoms with E-state index in [1.807, 2.05) is 13.8 Å². The molecule has 2 rings (SSSR count). The number of rotatable bonds is 4. The van der Waals surface area contributed by atoms with Gasteiger partial charge in [-0.1, -0.05) is 6.92 Å². The maximum Gasteiger partial charge on any atom is 0.244 e. The molecule has 0 aromatic carbocycles. The highest BCUT2D eigenvalue weighted by Crippen LogP contribution is 2.32. The highest BCUT2D eigenvalue weighted by atomic mass is 79.9. The van der Waals surface area contributed by atoms with Crippen LogP contribution in [0.2, 0.25) is 0 Å². The number of piperidine rings is 1. The Bertz CT molecular complexity index is 536. The van der Waals surface area contributed by atoms with Gasteiger partial charge >= 0.3 is 0 Å². The number of nitrogens with zero attached hydrogens (tertiary/aromatic N) is 1. The first-order valence-corrected chi connectivity index (χ1v) is 9.50. The molecular formula is C12H19BrN2O2S2. The van der Waals surface area contributed by atoms with Gasteiger partial charge in [0.25, 0.3) is 0 Å². The zero-order valence-electron chi connectivity index (χ0n) is 11.1. The molecule has 19 heavy (non-hydrogen) atoms. The third kappa shape index (κ3) is 3.21. The summed E-state index contributed by atoms with van der Waals surface area (Å²) in [6.45, 7) is 6.01. The molecule has 1 atom stereocenters. The predicted molar refractivity (Wildman–Crippen MR) is 82.2 cm³/mol. The Labute approximate surface area is 127 Å². The van der Waals surface area contributed by atoms with Crippen molar-refractivity contribution in [2.24, 2.45) is 0 Å². The van der Waals surface area contributed by atoms with Crippen LogP contribution >= 0.6 is 27.3 Å². The van der Waals surface area contributed by atoms with Gasteiger partial charge in [-0.25, -0.2) is 8.42 Å². The van der Waals surface area contributed by atoms with Crippen molar-refractivity contribution in [1.29, 1.82) is 0 Å². The quantitative estimate of drug-likeness (QED) is 0.890. The fraction of sp³-hybridized carbons (Fsp3) is 0.667. The van der Waals surface area contributed by atoms with Crippen LogP contribution < -0.4 is 5.32 Å². The molecule has 1 N–H and O–H groups in total. The topological polar surface area (TPSA) is 49.4 Å². The SMILES string of the molecule is CCN(C1CCCNC1)S(=O)(=O)c1cc(Br)sc1C. The van der Waals surface area contributed by atoms with Gasteiger partial charge in [0, 0.05) is 24.0 Å². The van der Waals surface area contributed by atoms with E-state index in [4.69, 9.17) is 0 Å². The maximum atomic E-state index is 12.8. The van der Waals surface area contributed by atoms with E-state index < -0.39 is 10.0 Å². The Morgan fingerprint density at radius 2 is 2.32 bits per heavy atom. The summed E-state index contributed by atoms with van der Waals surface area (Å²) >= 11 is 4.83. The summed E-state index contributed by atoms with van der Waals surface area (Å²) < 4.78 is 28.1. The van der Waals surface area contributed by atoms with Crippen molar-refractivity contribution in [2.75, 3.05) is 19.6 Å². The second-order valence-electron chi connectivity index (χ2n) is 4.68. The van der Waals surface area contributed by atoms with E-state index in [1.54, 1.807) is 10.4 Å². The van der Waals surface area contributed by atoms with Crippen LogP contribution in [0, 0.1) is 6.92 Å². The summed E-state index contributed by atoms with van der Waals surface area (Å²) in [7, 11) is -3.39. The Balaban J connectivity index is 2.32. The molecule has 1 aliphatic rings. The van der Waals surface area contributed by atoms with Crippen molar-refractivity contribution < 1.29 is 8.42 Å². The number of halogens is 1. The molecule has 0 spiro atoms. The van der Waals surface area contributed by atoms with E-state index in [0.717, 1.165) is 34.6 Å². The lowest BCUT2D eigenvalue weighted by atomic mass is 10.1. The normalized spacial score (nSPS) is 20.9. The first-order chi connectivity index (χ1) is 8.96. The van der Waals surface area contributed by atoms with Crippen molar-refractivity contribution in [2.45, 2.75) is 37.6 Å². The molecule has 0 radical (unpaired) electrons. The second kappa shape index (κ2) is 6.22. The standard InChI is InChI=1S/C12H19BrN2O2S2/c1-3-15(10-5-4-6-14-8-10)19(16,17)11-7-12(13)18-9(11)2/h7,10,14H,3-6,8H2,1-2H3. The lowest BCUT2D eigenvalue weighted by Crippen LogP contribution is -2.48. The Kier molecular flexibility index (Phi) is 5.05. The second-order valence-corrected chi connectivity index (χ2v) is 9.17. The number of likely N-dealkylation sites (N-methyl/N-ethyl adjacent to an activating group) is 1. The largest absolute Gasteiger partial charge is 0.315 e. The maximum absolute atomic E-state index is 12.8. The molecule has 4 nitrogen and oxygen atoms in total. The van der Waals surface area contributed by atoms with E-state index in [-0.39, 0.29) is 6.04 Å². The summed E-state index contributed by atoms with van der Waals surface area (Å²) in [5.41, 5.74) is 0. The van der Waals surface area contributed by atoms with Crippen molar-refractivity contribution in [3.8, 4) is 0 Å². The van der Waals surface area contributed by atoms with Crippen molar-refractivity contribution in [3.05, 3.63) is 14.7 Å². The molecule has 7 heteroatoms. The van der Waals surface area contributed by atoms with Crippen LogP contribution in [0.25, 0.3) is 0 Å². The number of thiophene rings is 1. The van der Waals surface area contributed by atoms with Gasteiger partial charge in [-0.3, -0.25) is 0 Å². The van der Waals surface area contributed by atoms with E-state index in [9.17, 15) is 8.42 Å². The van der Waals surface area contributed by atoms with E-state index in [0.29, 0.717) is 11.4 Å². The fourth-order valence-corrected chi connectivity index (χ4v) is 6.57. The van der Waals surface area contributed by atoms with Crippen LogP contribution in [0.1, 0.15) is 24.6 Å². The third-order valence-corrected chi connectivity index (χ3v) is 7.25. The summed E-state index contributed by atoms with van der Waals surface area (Å²) in [6.07, 6.45) is 1.97. The van der Waals surface area contributed by atoms with Crippen LogP contribution in [0.4, 0.5) is 0 Å². The number of nitrogens with one attached hydrogen (secondary N) is 1. The van der Waals surface area contributed by atoms with E-state index >= 15 is 0 Å². The van der Waals surface area contributed by atoms with Gasteiger partial charge < -0.3 is 5.32 Å². The van der Waals surface area contributed by atoms with Crippen LogP contribution in [-0.2, 0) is 10.0 Å². The number of hydrogen-bond donors (Lipinski definition) is 1. The molecule has 1 saturated heterocycles. The van der Waals surface area contributed by atoms with Crippen molar-refractivity contribution >= 4 is 37.3 Å². The number of hydrogen-bond acceptors (Lipinski definition) is 4. The first-order valence-electron chi connectivity index (χ1n) is 6.45. The summed E-state index contributed by atoms with van der Waals surface area (Å²) in [4.78, 5) is 1.28. The minimum absolute atomic E-state index is 0.0711. The van der Waals surface area contributed by atoms with Gasteiger partial charge in [0.2, 0.25) is 10.0 Å². The average molecular weight is 367 g/mol. The van der Waals surface area contributed by atoms with Gasteiger partial charge in [0.15, 0.2) is 0 Å². The van der Waals surface area contributed by atoms with E-state index in [2.05, 4.69) is 21.2 Å². The zero-order chi connectivity index (χ0) is 14.0. The van der Waals surface area contributed by atoms with Gasteiger partial charge in [0.05, 0.1) is 8.68 Å². The molecule has 0 aliphatic carbocycles. The Morgan fingerprint density at radius 1 is 1.58 bits per heavy atom. The molecule has 1 aliphatic heterocycles. The first kappa shape index (κ1) is 15.4. The fourth-order valence-electron chi connectivity index (χ4n) is 2.52. The minimum atomic E-state index is -3.39. The lowest BCUT2D eigenvalue weighted by molar-refractivity contribution is 0.274. The van der Waals surface area contributed by atoms with Crippen molar-refractivity contribution in [1.82, 2.24) is 9.62 Å². The lowest BCUT2D eigenvalue weighted by Gasteiger charge is -2.32. The molecule has 1 fully saturated rings. The van der Waals surface area contributed by atoms with E-state index in [1.165, 1.54) is 11.3 Å². The summed E-state index contributed by atoms with van der Waals surface area (Å²) in [6, 6.07) is 1.79. The minimum Gasteiger partial charge on any atom is -0.315 e. The highest BCUT2D eigenvalue weighted by molar-refractivity contribution is 9.11. The van der Waals surface area contributed by atoms with Crippen LogP contribution in [0.5, 0.6) is 0 Å². The molecule has 2 heterocycles. The summed E-state index contributed by atoms with van der Waals surface area (Å²) in [5, 5.41) is 3.28. The Morgan fingerprint density at radius 3 is 2.79 bits per heavy atom. The van der Waals surface area contributed by atoms with Crippen molar-refractivity contribution in [3.63, 3.8) is 0 Å². The van der Waals surface area contributed by atoms with Gasteiger partial charge in [-0.2, -0.15) is 4.31 Å². The van der Waals surface area contributed by atoms with Gasteiger partial charge in [-0.15, -0.1) is 11.3 Å². The summed E-state index contributed by atoms with van der Waals surface area (Å²) in [5.74, 6) is 0. The smallest absolute Gasteiger partial charge is 0.244 e. The molecule has 108 valence electrons. The monoisotopic (exact) mass is 366 g/mol.